The SMILES string of the molecule is COC(CNC(=O)c1cn(C)c(=O)n(C)c1=O)OC. The molecule has 0 fully saturated rings. The molecule has 8 heteroatoms. The highest BCUT2D eigenvalue weighted by Crippen LogP contribution is 1.91. The van der Waals surface area contributed by atoms with Crippen molar-refractivity contribution in [2.75, 3.05) is 20.8 Å². The first kappa shape index (κ1) is 15.1. The minimum absolute atomic E-state index is 0.0951. The van der Waals surface area contributed by atoms with Crippen molar-refractivity contribution in [3.8, 4) is 0 Å². The molecule has 0 saturated heterocycles. The quantitative estimate of drug-likeness (QED) is 0.653. The summed E-state index contributed by atoms with van der Waals surface area (Å²) in [5, 5.41) is 2.50. The molecule has 1 amide bonds. The number of carbonyl (C=O) groups is 1. The Kier molecular flexibility index (Phi) is 5.02. The van der Waals surface area contributed by atoms with Crippen LogP contribution in [0.4, 0.5) is 0 Å². The van der Waals surface area contributed by atoms with E-state index in [9.17, 15) is 14.4 Å². The second-order valence-electron chi connectivity index (χ2n) is 3.91. The number of methoxy groups -OCH3 is 2. The zero-order valence-electron chi connectivity index (χ0n) is 11.3. The normalized spacial score (nSPS) is 10.8. The van der Waals surface area contributed by atoms with Crippen molar-refractivity contribution in [1.29, 1.82) is 0 Å². The van der Waals surface area contributed by atoms with E-state index in [1.807, 2.05) is 0 Å². The Morgan fingerprint density at radius 1 is 1.32 bits per heavy atom. The molecule has 106 valence electrons. The molecule has 0 bridgehead atoms. The fourth-order valence-corrected chi connectivity index (χ4v) is 1.50. The fourth-order valence-electron chi connectivity index (χ4n) is 1.50. The molecule has 0 aliphatic carbocycles. The number of amides is 1. The first-order chi connectivity index (χ1) is 8.92. The maximum Gasteiger partial charge on any atom is 0.330 e. The van der Waals surface area contributed by atoms with Gasteiger partial charge in [0.05, 0.1) is 6.54 Å². The molecule has 0 atom stereocenters. The maximum absolute atomic E-state index is 11.9. The van der Waals surface area contributed by atoms with Gasteiger partial charge in [0.2, 0.25) is 0 Å². The average molecular weight is 271 g/mol. The van der Waals surface area contributed by atoms with Crippen LogP contribution in [0.15, 0.2) is 15.8 Å². The van der Waals surface area contributed by atoms with Crippen LogP contribution in [0.5, 0.6) is 0 Å². The van der Waals surface area contributed by atoms with Crippen LogP contribution in [0, 0.1) is 0 Å². The summed E-state index contributed by atoms with van der Waals surface area (Å²) in [5.41, 5.74) is -1.25. The van der Waals surface area contributed by atoms with Crippen LogP contribution in [0.3, 0.4) is 0 Å². The van der Waals surface area contributed by atoms with Crippen molar-refractivity contribution in [3.05, 3.63) is 32.6 Å². The number of aryl methyl sites for hydroxylation is 1. The summed E-state index contributed by atoms with van der Waals surface area (Å²) in [6.07, 6.45) is 0.606. The van der Waals surface area contributed by atoms with Gasteiger partial charge in [-0.15, -0.1) is 0 Å². The lowest BCUT2D eigenvalue weighted by Gasteiger charge is -2.14. The van der Waals surface area contributed by atoms with E-state index < -0.39 is 23.4 Å². The zero-order chi connectivity index (χ0) is 14.6. The van der Waals surface area contributed by atoms with E-state index in [2.05, 4.69) is 5.32 Å². The Labute approximate surface area is 109 Å². The largest absolute Gasteiger partial charge is 0.354 e. The molecule has 0 saturated carbocycles. The summed E-state index contributed by atoms with van der Waals surface area (Å²) < 4.78 is 11.9. The monoisotopic (exact) mass is 271 g/mol. The maximum atomic E-state index is 11.9. The smallest absolute Gasteiger partial charge is 0.330 e. The Bertz CT molecular complexity index is 571. The molecular formula is C11H17N3O5. The first-order valence-corrected chi connectivity index (χ1v) is 5.52. The van der Waals surface area contributed by atoms with Gasteiger partial charge in [0.1, 0.15) is 5.56 Å². The van der Waals surface area contributed by atoms with E-state index in [0.29, 0.717) is 0 Å². The summed E-state index contributed by atoms with van der Waals surface area (Å²) >= 11 is 0. The van der Waals surface area contributed by atoms with Crippen molar-refractivity contribution < 1.29 is 14.3 Å². The predicted octanol–water partition coefficient (Wildman–Crippen LogP) is -1.57. The first-order valence-electron chi connectivity index (χ1n) is 5.52. The number of rotatable bonds is 5. The number of carbonyl (C=O) groups excluding carboxylic acids is 1. The minimum atomic E-state index is -0.646. The Morgan fingerprint density at radius 2 is 1.89 bits per heavy atom. The number of ether oxygens (including phenoxy) is 2. The van der Waals surface area contributed by atoms with Crippen molar-refractivity contribution in [2.24, 2.45) is 14.1 Å². The molecule has 1 N–H and O–H groups in total. The van der Waals surface area contributed by atoms with E-state index in [-0.39, 0.29) is 12.1 Å². The van der Waals surface area contributed by atoms with Crippen LogP contribution in [-0.2, 0) is 23.6 Å². The molecule has 1 heterocycles. The second kappa shape index (κ2) is 6.30. The number of hydrogen-bond acceptors (Lipinski definition) is 5. The van der Waals surface area contributed by atoms with Crippen LogP contribution in [0.1, 0.15) is 10.4 Å². The molecule has 0 spiro atoms. The summed E-state index contributed by atoms with van der Waals surface area (Å²) in [7, 11) is 5.65. The van der Waals surface area contributed by atoms with Crippen LogP contribution in [0.25, 0.3) is 0 Å². The molecule has 19 heavy (non-hydrogen) atoms. The number of hydrogen-bond donors (Lipinski definition) is 1. The van der Waals surface area contributed by atoms with Gasteiger partial charge in [-0.3, -0.25) is 14.2 Å². The van der Waals surface area contributed by atoms with Crippen LogP contribution < -0.4 is 16.6 Å². The van der Waals surface area contributed by atoms with Crippen molar-refractivity contribution in [2.45, 2.75) is 6.29 Å². The molecule has 1 aromatic rings. The van der Waals surface area contributed by atoms with Gasteiger partial charge in [0, 0.05) is 34.5 Å². The van der Waals surface area contributed by atoms with Gasteiger partial charge in [0.25, 0.3) is 11.5 Å². The Hall–Kier alpha value is -1.93. The molecular weight excluding hydrogens is 254 g/mol. The fraction of sp³-hybridized carbons (Fsp3) is 0.545. The van der Waals surface area contributed by atoms with Gasteiger partial charge in [-0.05, 0) is 0 Å². The van der Waals surface area contributed by atoms with Gasteiger partial charge in [-0.25, -0.2) is 4.79 Å². The van der Waals surface area contributed by atoms with Crippen LogP contribution in [-0.4, -0.2) is 42.1 Å². The highest BCUT2D eigenvalue weighted by atomic mass is 16.7. The Balaban J connectivity index is 2.96. The van der Waals surface area contributed by atoms with Gasteiger partial charge < -0.3 is 19.4 Å². The molecule has 1 rings (SSSR count). The van der Waals surface area contributed by atoms with Crippen molar-refractivity contribution in [1.82, 2.24) is 14.5 Å². The third-order valence-corrected chi connectivity index (χ3v) is 2.65. The van der Waals surface area contributed by atoms with Crippen molar-refractivity contribution >= 4 is 5.91 Å². The topological polar surface area (TPSA) is 91.6 Å². The summed E-state index contributed by atoms with van der Waals surface area (Å²) in [5.74, 6) is -0.588. The Morgan fingerprint density at radius 3 is 2.42 bits per heavy atom. The van der Waals surface area contributed by atoms with Gasteiger partial charge in [-0.2, -0.15) is 0 Å². The number of nitrogens with one attached hydrogen (secondary N) is 1. The number of aromatic nitrogens is 2. The summed E-state index contributed by atoms with van der Waals surface area (Å²) in [4.78, 5) is 35.1. The molecule has 0 radical (unpaired) electrons. The molecule has 1 aromatic heterocycles. The molecule has 8 nitrogen and oxygen atoms in total. The lowest BCUT2D eigenvalue weighted by Crippen LogP contribution is -2.43. The standard InChI is InChI=1S/C11H17N3O5/c1-13-6-7(10(16)14(2)11(13)17)9(15)12-5-8(18-3)19-4/h6,8H,5H2,1-4H3,(H,12,15). The van der Waals surface area contributed by atoms with Gasteiger partial charge in [-0.1, -0.05) is 0 Å². The van der Waals surface area contributed by atoms with E-state index in [1.165, 1.54) is 39.1 Å². The number of nitrogens with zero attached hydrogens (tertiary/aromatic N) is 2. The highest BCUT2D eigenvalue weighted by Gasteiger charge is 2.15. The van der Waals surface area contributed by atoms with E-state index >= 15 is 0 Å². The van der Waals surface area contributed by atoms with Gasteiger partial charge in [0.15, 0.2) is 6.29 Å². The summed E-state index contributed by atoms with van der Waals surface area (Å²) in [6, 6.07) is 0. The van der Waals surface area contributed by atoms with E-state index in [0.717, 1.165) is 4.57 Å². The van der Waals surface area contributed by atoms with Crippen molar-refractivity contribution in [3.63, 3.8) is 0 Å². The van der Waals surface area contributed by atoms with Crippen LogP contribution >= 0.6 is 0 Å². The highest BCUT2D eigenvalue weighted by molar-refractivity contribution is 5.93. The van der Waals surface area contributed by atoms with Gasteiger partial charge >= 0.3 is 5.69 Å². The predicted molar refractivity (Wildman–Crippen MR) is 67.1 cm³/mol. The minimum Gasteiger partial charge on any atom is -0.354 e. The van der Waals surface area contributed by atoms with Crippen LogP contribution in [0.2, 0.25) is 0 Å². The van der Waals surface area contributed by atoms with E-state index in [4.69, 9.17) is 9.47 Å². The molecule has 0 unspecified atom stereocenters. The lowest BCUT2D eigenvalue weighted by atomic mass is 10.3. The second-order valence-corrected chi connectivity index (χ2v) is 3.91. The zero-order valence-corrected chi connectivity index (χ0v) is 11.3. The molecule has 0 aliphatic heterocycles. The lowest BCUT2D eigenvalue weighted by molar-refractivity contribution is -0.0974. The third-order valence-electron chi connectivity index (χ3n) is 2.65. The third kappa shape index (κ3) is 3.30. The molecule has 0 aromatic carbocycles. The average Bonchev–Trinajstić information content (AvgIpc) is 2.41. The van der Waals surface area contributed by atoms with E-state index in [1.54, 1.807) is 0 Å². The molecule has 0 aliphatic rings. The summed E-state index contributed by atoms with van der Waals surface area (Å²) in [6.45, 7) is 0.0951.